The fourth-order valence-electron chi connectivity index (χ4n) is 1.87. The predicted octanol–water partition coefficient (Wildman–Crippen LogP) is 2.20. The first kappa shape index (κ1) is 17.5. The summed E-state index contributed by atoms with van der Waals surface area (Å²) < 4.78 is 39.8. The molecule has 2 rings (SSSR count). The summed E-state index contributed by atoms with van der Waals surface area (Å²) in [6.45, 7) is 1.75. The van der Waals surface area contributed by atoms with Gasteiger partial charge in [0.05, 0.1) is 11.9 Å². The first-order valence-electron chi connectivity index (χ1n) is 6.12. The Labute approximate surface area is 126 Å². The highest BCUT2D eigenvalue weighted by Gasteiger charge is 2.29. The molecule has 2 heterocycles. The monoisotopic (exact) mass is 323 g/mol. The van der Waals surface area contributed by atoms with Crippen LogP contribution in [-0.4, -0.2) is 25.7 Å². The lowest BCUT2D eigenvalue weighted by Crippen LogP contribution is -2.23. The van der Waals surface area contributed by atoms with Crippen molar-refractivity contribution in [2.45, 2.75) is 32.7 Å². The molecule has 0 bridgehead atoms. The summed E-state index contributed by atoms with van der Waals surface area (Å²) in [6.07, 6.45) is -1.14. The van der Waals surface area contributed by atoms with Crippen LogP contribution in [-0.2, 0) is 26.7 Å². The Morgan fingerprint density at radius 1 is 1.24 bits per heavy atom. The average molecular weight is 324 g/mol. The summed E-state index contributed by atoms with van der Waals surface area (Å²) >= 11 is 0. The van der Waals surface area contributed by atoms with Crippen molar-refractivity contribution < 1.29 is 13.2 Å². The van der Waals surface area contributed by atoms with Crippen molar-refractivity contribution in [1.82, 2.24) is 24.9 Å². The minimum atomic E-state index is -4.26. The van der Waals surface area contributed by atoms with Gasteiger partial charge in [-0.1, -0.05) is 0 Å². The normalized spacial score (nSPS) is 11.5. The van der Waals surface area contributed by atoms with Gasteiger partial charge in [0, 0.05) is 37.6 Å². The first-order chi connectivity index (χ1) is 9.37. The molecule has 0 fully saturated rings. The summed E-state index contributed by atoms with van der Waals surface area (Å²) in [6, 6.07) is 1.58. The van der Waals surface area contributed by atoms with Crippen molar-refractivity contribution in [1.29, 1.82) is 0 Å². The lowest BCUT2D eigenvalue weighted by Gasteiger charge is -2.11. The molecule has 0 aromatic carbocycles. The van der Waals surface area contributed by atoms with Crippen molar-refractivity contribution in [2.24, 2.45) is 7.05 Å². The Balaban J connectivity index is 0.00000220. The van der Waals surface area contributed by atoms with Crippen molar-refractivity contribution in [3.63, 3.8) is 0 Å². The first-order valence-corrected chi connectivity index (χ1v) is 6.12. The number of halogens is 4. The smallest absolute Gasteiger partial charge is 0.307 e. The number of hydrogen-bond donors (Lipinski definition) is 1. The molecule has 0 aliphatic carbocycles. The van der Waals surface area contributed by atoms with E-state index in [4.69, 9.17) is 0 Å². The summed E-state index contributed by atoms with van der Waals surface area (Å²) in [4.78, 5) is 0. The minimum Gasteiger partial charge on any atom is -0.307 e. The van der Waals surface area contributed by atoms with Gasteiger partial charge in [-0.25, -0.2) is 0 Å². The third-order valence-corrected chi connectivity index (χ3v) is 3.09. The Morgan fingerprint density at radius 3 is 2.52 bits per heavy atom. The van der Waals surface area contributed by atoms with E-state index in [1.807, 2.05) is 14.0 Å². The molecule has 2 aromatic heterocycles. The molecule has 0 amide bonds. The number of hydrogen-bond acceptors (Lipinski definition) is 3. The number of aromatic nitrogens is 4. The molecule has 0 radical (unpaired) electrons. The van der Waals surface area contributed by atoms with Crippen molar-refractivity contribution in [3.05, 3.63) is 35.4 Å². The van der Waals surface area contributed by atoms with Crippen molar-refractivity contribution in [2.75, 3.05) is 0 Å². The van der Waals surface area contributed by atoms with Crippen molar-refractivity contribution >= 4 is 12.4 Å². The number of alkyl halides is 3. The third-order valence-electron chi connectivity index (χ3n) is 3.09. The molecule has 5 nitrogen and oxygen atoms in total. The quantitative estimate of drug-likeness (QED) is 0.917. The molecule has 0 saturated carbocycles. The molecule has 2 aromatic rings. The Hall–Kier alpha value is -1.54. The highest BCUT2D eigenvalue weighted by atomic mass is 35.5. The zero-order valence-corrected chi connectivity index (χ0v) is 12.5. The van der Waals surface area contributed by atoms with E-state index in [0.29, 0.717) is 18.8 Å². The van der Waals surface area contributed by atoms with Gasteiger partial charge in [0.15, 0.2) is 0 Å². The topological polar surface area (TPSA) is 47.7 Å². The lowest BCUT2D eigenvalue weighted by atomic mass is 10.2. The van der Waals surface area contributed by atoms with Crippen molar-refractivity contribution in [3.8, 4) is 0 Å². The molecular formula is C12H17ClF3N5. The summed E-state index contributed by atoms with van der Waals surface area (Å²) in [5.41, 5.74) is 2.56. The average Bonchev–Trinajstić information content (AvgIpc) is 2.89. The summed E-state index contributed by atoms with van der Waals surface area (Å²) in [5.74, 6) is 0. The van der Waals surface area contributed by atoms with E-state index >= 15 is 0 Å². The Bertz CT molecular complexity index is 576. The van der Waals surface area contributed by atoms with Gasteiger partial charge in [0.2, 0.25) is 0 Å². The van der Waals surface area contributed by atoms with Gasteiger partial charge < -0.3 is 5.32 Å². The molecular weight excluding hydrogens is 307 g/mol. The number of nitrogens with zero attached hydrogens (tertiary/aromatic N) is 4. The maximum atomic E-state index is 12.3. The second kappa shape index (κ2) is 6.95. The SMILES string of the molecule is Cc1c(CNCc2ccnn2CC(F)(F)F)cnn1C.Cl. The van der Waals surface area contributed by atoms with E-state index in [2.05, 4.69) is 15.5 Å². The number of nitrogens with one attached hydrogen (secondary N) is 1. The highest BCUT2D eigenvalue weighted by Crippen LogP contribution is 2.18. The molecule has 0 saturated heterocycles. The summed E-state index contributed by atoms with van der Waals surface area (Å²) in [7, 11) is 1.84. The van der Waals surface area contributed by atoms with Gasteiger partial charge >= 0.3 is 6.18 Å². The van der Waals surface area contributed by atoms with Gasteiger partial charge in [-0.15, -0.1) is 12.4 Å². The van der Waals surface area contributed by atoms with Gasteiger partial charge in [0.25, 0.3) is 0 Å². The number of rotatable bonds is 5. The highest BCUT2D eigenvalue weighted by molar-refractivity contribution is 5.85. The molecule has 0 aliphatic heterocycles. The van der Waals surface area contributed by atoms with E-state index in [9.17, 15) is 13.2 Å². The van der Waals surface area contributed by atoms with Gasteiger partial charge in [0.1, 0.15) is 6.54 Å². The molecule has 0 aliphatic rings. The predicted molar refractivity (Wildman–Crippen MR) is 74.0 cm³/mol. The largest absolute Gasteiger partial charge is 0.408 e. The van der Waals surface area contributed by atoms with Crippen LogP contribution in [0.15, 0.2) is 18.5 Å². The summed E-state index contributed by atoms with van der Waals surface area (Å²) in [5, 5.41) is 10.9. The molecule has 1 N–H and O–H groups in total. The maximum absolute atomic E-state index is 12.3. The van der Waals surface area contributed by atoms with E-state index in [1.165, 1.54) is 6.20 Å². The zero-order valence-electron chi connectivity index (χ0n) is 11.7. The fourth-order valence-corrected chi connectivity index (χ4v) is 1.87. The maximum Gasteiger partial charge on any atom is 0.408 e. The van der Waals surface area contributed by atoms with Gasteiger partial charge in [-0.2, -0.15) is 23.4 Å². The van der Waals surface area contributed by atoms with Crippen LogP contribution in [0.4, 0.5) is 13.2 Å². The molecule has 118 valence electrons. The lowest BCUT2D eigenvalue weighted by molar-refractivity contribution is -0.143. The van der Waals surface area contributed by atoms with Gasteiger partial charge in [-0.05, 0) is 13.0 Å². The van der Waals surface area contributed by atoms with Crippen LogP contribution in [0.25, 0.3) is 0 Å². The molecule has 0 atom stereocenters. The van der Waals surface area contributed by atoms with E-state index in [-0.39, 0.29) is 12.4 Å². The second-order valence-electron chi connectivity index (χ2n) is 4.58. The fraction of sp³-hybridized carbons (Fsp3) is 0.500. The molecule has 21 heavy (non-hydrogen) atoms. The Kier molecular flexibility index (Phi) is 5.79. The Morgan fingerprint density at radius 2 is 1.95 bits per heavy atom. The van der Waals surface area contributed by atoms with Crippen LogP contribution < -0.4 is 5.32 Å². The zero-order chi connectivity index (χ0) is 14.8. The minimum absolute atomic E-state index is 0. The second-order valence-corrected chi connectivity index (χ2v) is 4.58. The number of aryl methyl sites for hydroxylation is 1. The van der Waals surface area contributed by atoms with Crippen LogP contribution in [0.1, 0.15) is 17.0 Å². The molecule has 9 heteroatoms. The van der Waals surface area contributed by atoms with E-state index in [1.54, 1.807) is 16.9 Å². The van der Waals surface area contributed by atoms with Crippen LogP contribution in [0, 0.1) is 6.92 Å². The van der Waals surface area contributed by atoms with Crippen LogP contribution in [0.5, 0.6) is 0 Å². The van der Waals surface area contributed by atoms with Crippen LogP contribution >= 0.6 is 12.4 Å². The van der Waals surface area contributed by atoms with E-state index < -0.39 is 12.7 Å². The molecule has 0 unspecified atom stereocenters. The standard InChI is InChI=1S/C12H16F3N5.ClH/c1-9-10(6-18-19(9)2)5-16-7-11-3-4-17-20(11)8-12(13,14)15;/h3-4,6,16H,5,7-8H2,1-2H3;1H. The van der Waals surface area contributed by atoms with Gasteiger partial charge in [-0.3, -0.25) is 9.36 Å². The van der Waals surface area contributed by atoms with Crippen LogP contribution in [0.2, 0.25) is 0 Å². The van der Waals surface area contributed by atoms with E-state index in [0.717, 1.165) is 15.9 Å². The third kappa shape index (κ3) is 4.75. The molecule has 0 spiro atoms. The van der Waals surface area contributed by atoms with Crippen LogP contribution in [0.3, 0.4) is 0 Å².